The molecular weight excluding hydrogens is 524 g/mol. The van der Waals surface area contributed by atoms with Gasteiger partial charge in [-0.25, -0.2) is 9.38 Å². The lowest BCUT2D eigenvalue weighted by Gasteiger charge is -2.12. The Bertz CT molecular complexity index is 904. The molecule has 0 aromatic heterocycles. The lowest BCUT2D eigenvalue weighted by molar-refractivity contribution is -0.120. The Morgan fingerprint density at radius 2 is 1.66 bits per heavy atom. The molecule has 0 radical (unpaired) electrons. The van der Waals surface area contributed by atoms with E-state index in [9.17, 15) is 14.0 Å². The highest BCUT2D eigenvalue weighted by Gasteiger charge is 2.07. The van der Waals surface area contributed by atoms with E-state index in [1.807, 2.05) is 19.1 Å². The summed E-state index contributed by atoms with van der Waals surface area (Å²) < 4.78 is 13.2. The Hall–Kier alpha value is -2.69. The highest BCUT2D eigenvalue weighted by Crippen LogP contribution is 2.07. The molecule has 9 heteroatoms. The normalized spacial score (nSPS) is 10.7. The number of aliphatic imine (C=N–C) groups is 1. The molecule has 32 heavy (non-hydrogen) atoms. The van der Waals surface area contributed by atoms with Crippen LogP contribution in [0.1, 0.15) is 28.4 Å². The van der Waals surface area contributed by atoms with Gasteiger partial charge in [0.05, 0.1) is 13.0 Å². The fraction of sp³-hybridized carbons (Fsp3) is 0.348. The summed E-state index contributed by atoms with van der Waals surface area (Å²) in [5.74, 6) is 0.0823. The van der Waals surface area contributed by atoms with E-state index in [1.165, 1.54) is 17.0 Å². The van der Waals surface area contributed by atoms with E-state index < -0.39 is 0 Å². The Morgan fingerprint density at radius 1 is 0.969 bits per heavy atom. The summed E-state index contributed by atoms with van der Waals surface area (Å²) in [5, 5.41) is 9.13. The molecule has 0 saturated carbocycles. The van der Waals surface area contributed by atoms with Crippen LogP contribution in [0.3, 0.4) is 0 Å². The number of amides is 2. The minimum absolute atomic E-state index is 0. The van der Waals surface area contributed by atoms with Crippen molar-refractivity contribution in [1.29, 1.82) is 0 Å². The molecule has 2 amide bonds. The van der Waals surface area contributed by atoms with E-state index >= 15 is 0 Å². The maximum Gasteiger partial charge on any atom is 0.253 e. The molecule has 0 unspecified atom stereocenters. The van der Waals surface area contributed by atoms with Crippen molar-refractivity contribution in [2.75, 3.05) is 33.7 Å². The van der Waals surface area contributed by atoms with Gasteiger partial charge in [-0.1, -0.05) is 24.3 Å². The number of nitrogens with one attached hydrogen (secondary N) is 3. The first kappa shape index (κ1) is 27.3. The van der Waals surface area contributed by atoms with Crippen LogP contribution in [0.25, 0.3) is 0 Å². The molecule has 0 aliphatic carbocycles. The highest BCUT2D eigenvalue weighted by atomic mass is 127. The van der Waals surface area contributed by atoms with E-state index in [0.717, 1.165) is 5.56 Å². The summed E-state index contributed by atoms with van der Waals surface area (Å²) in [7, 11) is 3.44. The third kappa shape index (κ3) is 9.63. The van der Waals surface area contributed by atoms with Gasteiger partial charge < -0.3 is 20.9 Å². The number of halogens is 2. The first-order valence-electron chi connectivity index (χ1n) is 10.2. The van der Waals surface area contributed by atoms with Crippen molar-refractivity contribution in [1.82, 2.24) is 20.9 Å². The van der Waals surface area contributed by atoms with E-state index in [2.05, 4.69) is 20.9 Å². The number of rotatable bonds is 9. The lowest BCUT2D eigenvalue weighted by atomic mass is 10.1. The second-order valence-corrected chi connectivity index (χ2v) is 7.18. The molecule has 0 fully saturated rings. The Labute approximate surface area is 205 Å². The van der Waals surface area contributed by atoms with Gasteiger partial charge in [-0.2, -0.15) is 0 Å². The monoisotopic (exact) mass is 555 g/mol. The topological polar surface area (TPSA) is 85.8 Å². The number of benzene rings is 2. The van der Waals surface area contributed by atoms with Crippen LogP contribution in [0, 0.1) is 5.82 Å². The molecule has 0 aliphatic rings. The number of hydrogen-bond acceptors (Lipinski definition) is 3. The second-order valence-electron chi connectivity index (χ2n) is 7.18. The molecule has 3 N–H and O–H groups in total. The summed E-state index contributed by atoms with van der Waals surface area (Å²) in [6.45, 7) is 4.04. The van der Waals surface area contributed by atoms with Crippen LogP contribution in [-0.2, 0) is 17.8 Å². The third-order valence-electron chi connectivity index (χ3n) is 4.36. The first-order valence-corrected chi connectivity index (χ1v) is 10.2. The summed E-state index contributed by atoms with van der Waals surface area (Å²) in [4.78, 5) is 30.0. The molecule has 2 aromatic rings. The standard InChI is InChI=1S/C23H30FN5O2.HI/c1-4-25-23(28-16-17-8-10-19(11-9-17)22(31)29(2)3)27-13-12-26-21(30)15-18-6-5-7-20(24)14-18;/h5-11,14H,4,12-13,15-16H2,1-3H3,(H,26,30)(H2,25,27,28);1H. The zero-order chi connectivity index (χ0) is 22.6. The predicted octanol–water partition coefficient (Wildman–Crippen LogP) is 2.56. The van der Waals surface area contributed by atoms with Crippen LogP contribution in [0.5, 0.6) is 0 Å². The number of nitrogens with zero attached hydrogens (tertiary/aromatic N) is 2. The Kier molecular flexibility index (Phi) is 12.3. The highest BCUT2D eigenvalue weighted by molar-refractivity contribution is 14.0. The fourth-order valence-corrected chi connectivity index (χ4v) is 2.80. The van der Waals surface area contributed by atoms with Crippen molar-refractivity contribution in [3.63, 3.8) is 0 Å². The van der Waals surface area contributed by atoms with Crippen molar-refractivity contribution >= 4 is 41.8 Å². The number of hydrogen-bond donors (Lipinski definition) is 3. The minimum atomic E-state index is -0.350. The van der Waals surface area contributed by atoms with Crippen molar-refractivity contribution in [3.8, 4) is 0 Å². The summed E-state index contributed by atoms with van der Waals surface area (Å²) in [5.41, 5.74) is 2.26. The average molecular weight is 555 g/mol. The van der Waals surface area contributed by atoms with Gasteiger partial charge in [0.25, 0.3) is 5.91 Å². The smallest absolute Gasteiger partial charge is 0.253 e. The minimum Gasteiger partial charge on any atom is -0.357 e. The summed E-state index contributed by atoms with van der Waals surface area (Å²) >= 11 is 0. The van der Waals surface area contributed by atoms with Crippen LogP contribution in [0.15, 0.2) is 53.5 Å². The zero-order valence-corrected chi connectivity index (χ0v) is 21.0. The van der Waals surface area contributed by atoms with Gasteiger partial charge >= 0.3 is 0 Å². The molecule has 2 aromatic carbocycles. The number of guanidine groups is 1. The zero-order valence-electron chi connectivity index (χ0n) is 18.7. The van der Waals surface area contributed by atoms with Crippen LogP contribution in [-0.4, -0.2) is 56.4 Å². The molecule has 0 bridgehead atoms. The molecule has 0 spiro atoms. The van der Waals surface area contributed by atoms with Gasteiger partial charge in [0, 0.05) is 39.3 Å². The van der Waals surface area contributed by atoms with Crippen LogP contribution < -0.4 is 16.0 Å². The number of carbonyl (C=O) groups excluding carboxylic acids is 2. The average Bonchev–Trinajstić information content (AvgIpc) is 2.74. The molecule has 0 atom stereocenters. The van der Waals surface area contributed by atoms with Gasteiger partial charge in [-0.3, -0.25) is 9.59 Å². The van der Waals surface area contributed by atoms with Crippen molar-refractivity contribution in [2.24, 2.45) is 4.99 Å². The Morgan fingerprint density at radius 3 is 2.28 bits per heavy atom. The molecule has 0 aliphatic heterocycles. The second kappa shape index (κ2) is 14.4. The summed E-state index contributed by atoms with van der Waals surface area (Å²) in [6.07, 6.45) is 0.137. The van der Waals surface area contributed by atoms with Crippen LogP contribution in [0.4, 0.5) is 4.39 Å². The quantitative estimate of drug-likeness (QED) is 0.192. The maximum absolute atomic E-state index is 13.2. The fourth-order valence-electron chi connectivity index (χ4n) is 2.80. The van der Waals surface area contributed by atoms with Crippen molar-refractivity contribution < 1.29 is 14.0 Å². The van der Waals surface area contributed by atoms with Crippen molar-refractivity contribution in [3.05, 3.63) is 71.0 Å². The van der Waals surface area contributed by atoms with Crippen molar-refractivity contribution in [2.45, 2.75) is 19.9 Å². The van der Waals surface area contributed by atoms with Gasteiger partial charge in [-0.05, 0) is 42.3 Å². The van der Waals surface area contributed by atoms with Gasteiger partial charge in [0.1, 0.15) is 5.82 Å². The van der Waals surface area contributed by atoms with Crippen LogP contribution >= 0.6 is 24.0 Å². The van der Waals surface area contributed by atoms with Gasteiger partial charge in [0.2, 0.25) is 5.91 Å². The Balaban J connectivity index is 0.00000512. The largest absolute Gasteiger partial charge is 0.357 e. The van der Waals surface area contributed by atoms with E-state index in [0.29, 0.717) is 43.3 Å². The molecule has 2 rings (SSSR count). The third-order valence-corrected chi connectivity index (χ3v) is 4.36. The molecule has 0 saturated heterocycles. The number of carbonyl (C=O) groups is 2. The molecule has 7 nitrogen and oxygen atoms in total. The van der Waals surface area contributed by atoms with Crippen LogP contribution in [0.2, 0.25) is 0 Å². The van der Waals surface area contributed by atoms with Gasteiger partial charge in [0.15, 0.2) is 5.96 Å². The maximum atomic E-state index is 13.2. The van der Waals surface area contributed by atoms with E-state index in [1.54, 1.807) is 38.4 Å². The molecule has 0 heterocycles. The van der Waals surface area contributed by atoms with Gasteiger partial charge in [-0.15, -0.1) is 24.0 Å². The molecular formula is C23H31FIN5O2. The SMILES string of the molecule is CCNC(=NCc1ccc(C(=O)N(C)C)cc1)NCCNC(=O)Cc1cccc(F)c1.I. The van der Waals surface area contributed by atoms with E-state index in [-0.39, 0.29) is 48.0 Å². The predicted molar refractivity (Wildman–Crippen MR) is 136 cm³/mol. The summed E-state index contributed by atoms with van der Waals surface area (Å²) in [6, 6.07) is 13.4. The lowest BCUT2D eigenvalue weighted by Crippen LogP contribution is -2.41. The first-order chi connectivity index (χ1) is 14.9. The van der Waals surface area contributed by atoms with E-state index in [4.69, 9.17) is 0 Å². The molecule has 174 valence electrons.